The molecule has 3 aromatic rings. The van der Waals surface area contributed by atoms with Gasteiger partial charge in [0.1, 0.15) is 11.9 Å². The predicted octanol–water partition coefficient (Wildman–Crippen LogP) is 4.31. The Morgan fingerprint density at radius 3 is 2.55 bits per heavy atom. The fourth-order valence-corrected chi connectivity index (χ4v) is 7.33. The molecule has 0 saturated carbocycles. The minimum absolute atomic E-state index is 0.00355. The van der Waals surface area contributed by atoms with Gasteiger partial charge in [-0.3, -0.25) is 24.3 Å². The van der Waals surface area contributed by atoms with Crippen LogP contribution in [0.4, 0.5) is 0 Å². The van der Waals surface area contributed by atoms with Crippen LogP contribution in [0.1, 0.15) is 49.0 Å². The van der Waals surface area contributed by atoms with Crippen molar-refractivity contribution in [2.24, 2.45) is 5.73 Å². The van der Waals surface area contributed by atoms with Gasteiger partial charge in [0.2, 0.25) is 17.7 Å². The van der Waals surface area contributed by atoms with Gasteiger partial charge in [-0.05, 0) is 62.6 Å². The molecule has 0 radical (unpaired) electrons. The summed E-state index contributed by atoms with van der Waals surface area (Å²) in [7, 11) is 0. The van der Waals surface area contributed by atoms with E-state index >= 15 is 0 Å². The Kier molecular flexibility index (Phi) is 13.0. The number of hydrogen-bond acceptors (Lipinski definition) is 10. The molecule has 13 heteroatoms. The summed E-state index contributed by atoms with van der Waals surface area (Å²) in [6.45, 7) is 8.00. The van der Waals surface area contributed by atoms with Crippen LogP contribution in [0.15, 0.2) is 30.5 Å². The number of pyridine rings is 1. The van der Waals surface area contributed by atoms with Crippen molar-refractivity contribution in [3.8, 4) is 16.9 Å². The number of thiophene rings is 1. The molecule has 3 N–H and O–H groups in total. The summed E-state index contributed by atoms with van der Waals surface area (Å²) < 4.78 is 18.4. The maximum absolute atomic E-state index is 12.2. The molecule has 5 rings (SSSR count). The second-order valence-corrected chi connectivity index (χ2v) is 13.5. The highest BCUT2D eigenvalue weighted by Gasteiger charge is 2.30. The molecule has 2 aromatic heterocycles. The molecular weight excluding hydrogens is 642 g/mol. The van der Waals surface area contributed by atoms with E-state index in [9.17, 15) is 14.4 Å². The molecule has 0 unspecified atom stereocenters. The Bertz CT molecular complexity index is 1530. The molecule has 0 bridgehead atoms. The third-order valence-corrected chi connectivity index (χ3v) is 9.72. The summed E-state index contributed by atoms with van der Waals surface area (Å²) in [4.78, 5) is 45.8. The van der Waals surface area contributed by atoms with E-state index in [1.54, 1.807) is 17.5 Å². The lowest BCUT2D eigenvalue weighted by molar-refractivity contribution is -0.139. The molecule has 0 spiro atoms. The molecule has 2 aliphatic heterocycles. The molecule has 1 aromatic carbocycles. The van der Waals surface area contributed by atoms with Crippen LogP contribution in [0.5, 0.6) is 5.75 Å². The monoisotopic (exact) mass is 685 g/mol. The highest BCUT2D eigenvalue weighted by atomic mass is 35.5. The van der Waals surface area contributed by atoms with Crippen molar-refractivity contribution in [1.29, 1.82) is 0 Å². The van der Waals surface area contributed by atoms with Crippen molar-refractivity contribution in [2.75, 3.05) is 59.2 Å². The summed E-state index contributed by atoms with van der Waals surface area (Å²) in [5.74, 6) is 0.558. The summed E-state index contributed by atoms with van der Waals surface area (Å²) in [6, 6.07) is 7.80. The number of rotatable bonds is 17. The van der Waals surface area contributed by atoms with E-state index in [1.807, 2.05) is 31.2 Å². The number of carbonyl (C=O) groups is 3. The molecule has 11 nitrogen and oxygen atoms in total. The number of carbonyl (C=O) groups excluding carboxylic acids is 3. The summed E-state index contributed by atoms with van der Waals surface area (Å²) in [6.07, 6.45) is 5.40. The first-order valence-corrected chi connectivity index (χ1v) is 17.5. The first kappa shape index (κ1) is 35.2. The number of nitrogens with two attached hydrogens (primary N) is 1. The average Bonchev–Trinajstić information content (AvgIpc) is 3.62. The van der Waals surface area contributed by atoms with Crippen LogP contribution >= 0.6 is 22.9 Å². The normalized spacial score (nSPS) is 16.0. The predicted molar refractivity (Wildman–Crippen MR) is 183 cm³/mol. The van der Waals surface area contributed by atoms with Crippen LogP contribution in [-0.2, 0) is 30.4 Å². The molecule has 2 fully saturated rings. The van der Waals surface area contributed by atoms with Crippen molar-refractivity contribution in [1.82, 2.24) is 20.1 Å². The lowest BCUT2D eigenvalue weighted by Gasteiger charge is -2.33. The van der Waals surface area contributed by atoms with E-state index in [1.165, 1.54) is 4.90 Å². The van der Waals surface area contributed by atoms with E-state index in [4.69, 9.17) is 31.5 Å². The number of ether oxygens (including phenoxy) is 3. The molecule has 254 valence electrons. The van der Waals surface area contributed by atoms with Crippen molar-refractivity contribution in [3.05, 3.63) is 45.9 Å². The molecule has 0 atom stereocenters. The van der Waals surface area contributed by atoms with Crippen LogP contribution in [0.2, 0.25) is 5.02 Å². The number of nitrogens with one attached hydrogen (secondary N) is 1. The maximum Gasteiger partial charge on any atom is 0.230 e. The van der Waals surface area contributed by atoms with Crippen LogP contribution in [0.3, 0.4) is 0 Å². The molecule has 2 saturated heterocycles. The van der Waals surface area contributed by atoms with E-state index in [0.29, 0.717) is 51.0 Å². The number of imide groups is 1. The van der Waals surface area contributed by atoms with Gasteiger partial charge < -0.3 is 30.2 Å². The summed E-state index contributed by atoms with van der Waals surface area (Å²) in [5, 5.41) is 3.61. The Hall–Kier alpha value is -3.13. The topological polar surface area (TPSA) is 136 Å². The lowest BCUT2D eigenvalue weighted by Crippen LogP contribution is -2.39. The molecule has 0 aliphatic carbocycles. The SMILES string of the molecule is Cc1cc(Cl)cc(-c2ccnc3cc(CN4C(=O)CCC4=O)sc23)c1OC1CCN(CCCNC(=O)CCOCCOCCN)CC1. The Morgan fingerprint density at radius 2 is 1.81 bits per heavy atom. The molecular formula is C34H44ClN5O6S. The Morgan fingerprint density at radius 1 is 1.06 bits per heavy atom. The first-order valence-electron chi connectivity index (χ1n) is 16.3. The quantitative estimate of drug-likeness (QED) is 0.157. The van der Waals surface area contributed by atoms with Gasteiger partial charge in [0, 0.05) is 72.7 Å². The van der Waals surface area contributed by atoms with Gasteiger partial charge in [0.15, 0.2) is 0 Å². The number of aryl methyl sites for hydroxylation is 1. The number of fused-ring (bicyclic) bond motifs is 1. The summed E-state index contributed by atoms with van der Waals surface area (Å²) in [5.41, 5.74) is 9.02. The zero-order valence-electron chi connectivity index (χ0n) is 26.9. The standard InChI is InChI=1S/C34H44ClN5O6S/c1-23-19-24(35)20-28(27-5-11-37-29-21-26(47-34(27)29)22-40-31(42)3-4-32(40)43)33(23)46-25-6-13-39(14-7-25)12-2-10-38-30(41)8-15-44-17-18-45-16-9-36/h5,11,19-21,25H,2-4,6-10,12-18,22,36H2,1H3,(H,38,41). The van der Waals surface area contributed by atoms with Gasteiger partial charge in [-0.1, -0.05) is 11.6 Å². The van der Waals surface area contributed by atoms with Crippen LogP contribution in [-0.4, -0.2) is 97.8 Å². The number of aromatic nitrogens is 1. The van der Waals surface area contributed by atoms with Gasteiger partial charge >= 0.3 is 0 Å². The lowest BCUT2D eigenvalue weighted by atomic mass is 10.0. The third-order valence-electron chi connectivity index (χ3n) is 8.36. The third kappa shape index (κ3) is 9.71. The fourth-order valence-electron chi connectivity index (χ4n) is 5.93. The number of halogens is 1. The van der Waals surface area contributed by atoms with Crippen molar-refractivity contribution in [2.45, 2.75) is 58.1 Å². The number of nitrogens with zero attached hydrogens (tertiary/aromatic N) is 3. The minimum Gasteiger partial charge on any atom is -0.489 e. The van der Waals surface area contributed by atoms with Crippen molar-refractivity contribution < 1.29 is 28.6 Å². The van der Waals surface area contributed by atoms with Gasteiger partial charge in [-0.2, -0.15) is 0 Å². The molecule has 3 amide bonds. The van der Waals surface area contributed by atoms with Crippen molar-refractivity contribution >= 4 is 50.9 Å². The van der Waals surface area contributed by atoms with Gasteiger partial charge in [0.05, 0.1) is 43.2 Å². The fraction of sp³-hybridized carbons (Fsp3) is 0.529. The first-order chi connectivity index (χ1) is 22.8. The maximum atomic E-state index is 12.2. The highest BCUT2D eigenvalue weighted by molar-refractivity contribution is 7.19. The highest BCUT2D eigenvalue weighted by Crippen LogP contribution is 2.42. The number of benzene rings is 1. The zero-order valence-corrected chi connectivity index (χ0v) is 28.5. The van der Waals surface area contributed by atoms with E-state index < -0.39 is 0 Å². The number of piperidine rings is 1. The molecule has 4 heterocycles. The summed E-state index contributed by atoms with van der Waals surface area (Å²) >= 11 is 8.11. The smallest absolute Gasteiger partial charge is 0.230 e. The van der Waals surface area contributed by atoms with Gasteiger partial charge in [-0.25, -0.2) is 0 Å². The number of likely N-dealkylation sites (tertiary alicyclic amines) is 2. The number of amides is 3. The van der Waals surface area contributed by atoms with E-state index in [2.05, 4.69) is 15.2 Å². The number of hydrogen-bond donors (Lipinski definition) is 2. The van der Waals surface area contributed by atoms with Crippen LogP contribution in [0, 0.1) is 6.92 Å². The Balaban J connectivity index is 1.12. The molecule has 2 aliphatic rings. The molecule has 47 heavy (non-hydrogen) atoms. The largest absolute Gasteiger partial charge is 0.489 e. The van der Waals surface area contributed by atoms with Gasteiger partial charge in [-0.15, -0.1) is 11.3 Å². The zero-order chi connectivity index (χ0) is 33.2. The van der Waals surface area contributed by atoms with E-state index in [0.717, 1.165) is 76.4 Å². The van der Waals surface area contributed by atoms with Crippen molar-refractivity contribution in [3.63, 3.8) is 0 Å². The van der Waals surface area contributed by atoms with Crippen LogP contribution in [0.25, 0.3) is 21.3 Å². The average molecular weight is 686 g/mol. The minimum atomic E-state index is -0.127. The second kappa shape index (κ2) is 17.3. The van der Waals surface area contributed by atoms with Crippen LogP contribution < -0.4 is 15.8 Å². The van der Waals surface area contributed by atoms with Gasteiger partial charge in [0.25, 0.3) is 0 Å². The van der Waals surface area contributed by atoms with E-state index in [-0.39, 0.29) is 43.2 Å². The Labute approximate surface area is 284 Å². The second-order valence-electron chi connectivity index (χ2n) is 11.9.